The van der Waals surface area contributed by atoms with E-state index in [1.807, 2.05) is 12.1 Å². The monoisotopic (exact) mass is 209 g/mol. The van der Waals surface area contributed by atoms with Gasteiger partial charge in [-0.1, -0.05) is 12.8 Å². The summed E-state index contributed by atoms with van der Waals surface area (Å²) in [6, 6.07) is 4.08. The van der Waals surface area contributed by atoms with E-state index in [1.165, 1.54) is 25.7 Å². The molecule has 2 N–H and O–H groups in total. The van der Waals surface area contributed by atoms with Crippen molar-refractivity contribution in [1.82, 2.24) is 5.32 Å². The van der Waals surface area contributed by atoms with Crippen molar-refractivity contribution < 1.29 is 9.52 Å². The van der Waals surface area contributed by atoms with Gasteiger partial charge in [-0.15, -0.1) is 0 Å². The van der Waals surface area contributed by atoms with Crippen LogP contribution in [0.2, 0.25) is 0 Å². The lowest BCUT2D eigenvalue weighted by Crippen LogP contribution is -2.37. The molecule has 3 nitrogen and oxygen atoms in total. The topological polar surface area (TPSA) is 45.4 Å². The van der Waals surface area contributed by atoms with Gasteiger partial charge in [0, 0.05) is 6.04 Å². The SMILES string of the molecule is OCC(NCc1ccco1)C1CCCC1. The third-order valence-corrected chi connectivity index (χ3v) is 3.28. The first-order chi connectivity index (χ1) is 7.40. The minimum atomic E-state index is 0.228. The van der Waals surface area contributed by atoms with E-state index in [0.29, 0.717) is 12.5 Å². The van der Waals surface area contributed by atoms with E-state index in [1.54, 1.807) is 6.26 Å². The van der Waals surface area contributed by atoms with Gasteiger partial charge in [-0.2, -0.15) is 0 Å². The van der Waals surface area contributed by atoms with Crippen LogP contribution in [0.15, 0.2) is 22.8 Å². The van der Waals surface area contributed by atoms with Gasteiger partial charge in [-0.05, 0) is 30.9 Å². The predicted octanol–water partition coefficient (Wildman–Crippen LogP) is 1.92. The van der Waals surface area contributed by atoms with Gasteiger partial charge >= 0.3 is 0 Å². The molecule has 1 aliphatic rings. The zero-order chi connectivity index (χ0) is 10.5. The minimum Gasteiger partial charge on any atom is -0.468 e. The van der Waals surface area contributed by atoms with Crippen LogP contribution in [0.5, 0.6) is 0 Å². The summed E-state index contributed by atoms with van der Waals surface area (Å²) in [5.41, 5.74) is 0. The Morgan fingerprint density at radius 1 is 1.47 bits per heavy atom. The highest BCUT2D eigenvalue weighted by Crippen LogP contribution is 2.27. The van der Waals surface area contributed by atoms with Crippen molar-refractivity contribution in [3.63, 3.8) is 0 Å². The molecule has 0 radical (unpaired) electrons. The third-order valence-electron chi connectivity index (χ3n) is 3.28. The highest BCUT2D eigenvalue weighted by molar-refractivity contribution is 4.98. The van der Waals surface area contributed by atoms with Crippen LogP contribution >= 0.6 is 0 Å². The Morgan fingerprint density at radius 2 is 2.27 bits per heavy atom. The molecule has 1 atom stereocenters. The van der Waals surface area contributed by atoms with E-state index < -0.39 is 0 Å². The van der Waals surface area contributed by atoms with Crippen molar-refractivity contribution in [3.05, 3.63) is 24.2 Å². The van der Waals surface area contributed by atoms with Gasteiger partial charge in [0.25, 0.3) is 0 Å². The third kappa shape index (κ3) is 2.83. The quantitative estimate of drug-likeness (QED) is 0.778. The molecule has 1 aromatic heterocycles. The molecular weight excluding hydrogens is 190 g/mol. The van der Waals surface area contributed by atoms with Crippen LogP contribution in [0.25, 0.3) is 0 Å². The number of furan rings is 1. The summed E-state index contributed by atoms with van der Waals surface area (Å²) in [7, 11) is 0. The molecule has 15 heavy (non-hydrogen) atoms. The fourth-order valence-corrected chi connectivity index (χ4v) is 2.38. The van der Waals surface area contributed by atoms with Gasteiger partial charge < -0.3 is 14.8 Å². The largest absolute Gasteiger partial charge is 0.468 e. The average Bonchev–Trinajstić information content (AvgIpc) is 2.90. The molecule has 1 heterocycles. The van der Waals surface area contributed by atoms with Crippen LogP contribution in [0.1, 0.15) is 31.4 Å². The number of aliphatic hydroxyl groups is 1. The van der Waals surface area contributed by atoms with Crippen LogP contribution in [0.4, 0.5) is 0 Å². The van der Waals surface area contributed by atoms with E-state index >= 15 is 0 Å². The Labute approximate surface area is 90.5 Å². The fraction of sp³-hybridized carbons (Fsp3) is 0.667. The van der Waals surface area contributed by atoms with E-state index in [2.05, 4.69) is 5.32 Å². The first-order valence-corrected chi connectivity index (χ1v) is 5.77. The first-order valence-electron chi connectivity index (χ1n) is 5.77. The van der Waals surface area contributed by atoms with Gasteiger partial charge in [0.1, 0.15) is 5.76 Å². The Morgan fingerprint density at radius 3 is 2.87 bits per heavy atom. The molecule has 1 aromatic rings. The molecule has 2 rings (SSSR count). The second kappa shape index (κ2) is 5.33. The zero-order valence-electron chi connectivity index (χ0n) is 8.98. The molecule has 0 amide bonds. The molecular formula is C12H19NO2. The molecule has 0 saturated heterocycles. The van der Waals surface area contributed by atoms with Crippen LogP contribution in [-0.4, -0.2) is 17.8 Å². The molecule has 1 unspecified atom stereocenters. The van der Waals surface area contributed by atoms with Gasteiger partial charge in [-0.3, -0.25) is 0 Å². The summed E-state index contributed by atoms with van der Waals surface area (Å²) in [5.74, 6) is 1.58. The molecule has 84 valence electrons. The molecule has 1 fully saturated rings. The van der Waals surface area contributed by atoms with Crippen LogP contribution in [0, 0.1) is 5.92 Å². The highest BCUT2D eigenvalue weighted by Gasteiger charge is 2.23. The predicted molar refractivity (Wildman–Crippen MR) is 58.4 cm³/mol. The van der Waals surface area contributed by atoms with Gasteiger partial charge in [0.05, 0.1) is 19.4 Å². The van der Waals surface area contributed by atoms with Crippen molar-refractivity contribution in [2.24, 2.45) is 5.92 Å². The average molecular weight is 209 g/mol. The first kappa shape index (κ1) is 10.7. The number of hydrogen-bond donors (Lipinski definition) is 2. The summed E-state index contributed by atoms with van der Waals surface area (Å²) in [6.45, 7) is 0.945. The van der Waals surface area contributed by atoms with Crippen molar-refractivity contribution >= 4 is 0 Å². The molecule has 3 heteroatoms. The zero-order valence-corrected chi connectivity index (χ0v) is 8.98. The van der Waals surface area contributed by atoms with Crippen molar-refractivity contribution in [3.8, 4) is 0 Å². The van der Waals surface area contributed by atoms with Crippen molar-refractivity contribution in [2.75, 3.05) is 6.61 Å². The Bertz CT molecular complexity index is 265. The van der Waals surface area contributed by atoms with Crippen molar-refractivity contribution in [2.45, 2.75) is 38.3 Å². The smallest absolute Gasteiger partial charge is 0.117 e. The maximum absolute atomic E-state index is 9.32. The Kier molecular flexibility index (Phi) is 3.80. The number of aliphatic hydroxyl groups excluding tert-OH is 1. The fourth-order valence-electron chi connectivity index (χ4n) is 2.38. The second-order valence-corrected chi connectivity index (χ2v) is 4.29. The van der Waals surface area contributed by atoms with Crippen LogP contribution < -0.4 is 5.32 Å². The summed E-state index contributed by atoms with van der Waals surface area (Å²) in [5, 5.41) is 12.7. The van der Waals surface area contributed by atoms with Crippen LogP contribution in [-0.2, 0) is 6.54 Å². The molecule has 0 spiro atoms. The van der Waals surface area contributed by atoms with Crippen LogP contribution in [0.3, 0.4) is 0 Å². The van der Waals surface area contributed by atoms with E-state index in [9.17, 15) is 5.11 Å². The lowest BCUT2D eigenvalue weighted by Gasteiger charge is -2.21. The molecule has 0 aliphatic heterocycles. The highest BCUT2D eigenvalue weighted by atomic mass is 16.3. The van der Waals surface area contributed by atoms with Gasteiger partial charge in [0.2, 0.25) is 0 Å². The lowest BCUT2D eigenvalue weighted by molar-refractivity contribution is 0.195. The standard InChI is InChI=1S/C12H19NO2/c14-9-12(10-4-1-2-5-10)13-8-11-6-3-7-15-11/h3,6-7,10,12-14H,1-2,4-5,8-9H2. The van der Waals surface area contributed by atoms with E-state index in [-0.39, 0.29) is 12.6 Å². The van der Waals surface area contributed by atoms with E-state index in [4.69, 9.17) is 4.42 Å². The van der Waals surface area contributed by atoms with E-state index in [0.717, 1.165) is 5.76 Å². The summed E-state index contributed by atoms with van der Waals surface area (Å²) >= 11 is 0. The Balaban J connectivity index is 1.80. The van der Waals surface area contributed by atoms with Gasteiger partial charge in [0.15, 0.2) is 0 Å². The maximum atomic E-state index is 9.32. The second-order valence-electron chi connectivity index (χ2n) is 4.29. The summed E-state index contributed by atoms with van der Waals surface area (Å²) in [6.07, 6.45) is 6.79. The number of nitrogens with one attached hydrogen (secondary N) is 1. The minimum absolute atomic E-state index is 0.228. The lowest BCUT2D eigenvalue weighted by atomic mass is 9.99. The molecule has 0 aromatic carbocycles. The molecule has 1 saturated carbocycles. The molecule has 1 aliphatic carbocycles. The number of hydrogen-bond acceptors (Lipinski definition) is 3. The number of rotatable bonds is 5. The summed E-state index contributed by atoms with van der Waals surface area (Å²) in [4.78, 5) is 0. The summed E-state index contributed by atoms with van der Waals surface area (Å²) < 4.78 is 5.25. The normalized spacial score (nSPS) is 19.5. The Hall–Kier alpha value is -0.800. The maximum Gasteiger partial charge on any atom is 0.117 e. The molecule has 0 bridgehead atoms. The van der Waals surface area contributed by atoms with Crippen molar-refractivity contribution in [1.29, 1.82) is 0 Å². The van der Waals surface area contributed by atoms with Gasteiger partial charge in [-0.25, -0.2) is 0 Å².